The van der Waals surface area contributed by atoms with Crippen molar-refractivity contribution in [2.45, 2.75) is 52.7 Å². The molecule has 0 unspecified atom stereocenters. The van der Waals surface area contributed by atoms with E-state index in [-0.39, 0.29) is 6.54 Å². The zero-order valence-corrected chi connectivity index (χ0v) is 23.6. The number of benzene rings is 2. The van der Waals surface area contributed by atoms with Gasteiger partial charge in [-0.2, -0.15) is 0 Å². The molecule has 0 bridgehead atoms. The number of carbonyl (C=O) groups is 2. The van der Waals surface area contributed by atoms with Crippen LogP contribution >= 0.6 is 34.8 Å². The molecule has 192 valence electrons. The summed E-state index contributed by atoms with van der Waals surface area (Å²) in [6.45, 7) is 8.12. The van der Waals surface area contributed by atoms with Gasteiger partial charge in [0, 0.05) is 32.7 Å². The standard InChI is InChI=1S/C24H30Cl3N3O4S/c1-15-12-17(25)10-11-21(15)30(35(6,33)34)14-22(31)29(16(2)23(32)28-24(3,4)5)13-18-19(26)8-7-9-20(18)27/h7-12,16H,13-14H2,1-6H3,(H,28,32)/t16-/m1/s1. The van der Waals surface area contributed by atoms with E-state index in [1.807, 2.05) is 20.8 Å². The highest BCUT2D eigenvalue weighted by Crippen LogP contribution is 2.28. The van der Waals surface area contributed by atoms with E-state index in [0.29, 0.717) is 31.9 Å². The molecule has 1 N–H and O–H groups in total. The number of aryl methyl sites for hydroxylation is 1. The molecule has 0 aliphatic heterocycles. The number of halogens is 3. The number of carbonyl (C=O) groups excluding carboxylic acids is 2. The van der Waals surface area contributed by atoms with Crippen LogP contribution in [0, 0.1) is 6.92 Å². The maximum Gasteiger partial charge on any atom is 0.244 e. The Labute approximate surface area is 222 Å². The van der Waals surface area contributed by atoms with Gasteiger partial charge < -0.3 is 10.2 Å². The van der Waals surface area contributed by atoms with Crippen LogP contribution in [0.25, 0.3) is 0 Å². The highest BCUT2D eigenvalue weighted by molar-refractivity contribution is 7.92. The number of sulfonamides is 1. The number of nitrogens with one attached hydrogen (secondary N) is 1. The maximum atomic E-state index is 13.6. The van der Waals surface area contributed by atoms with Crippen LogP contribution < -0.4 is 9.62 Å². The van der Waals surface area contributed by atoms with Crippen molar-refractivity contribution in [2.75, 3.05) is 17.1 Å². The third-order valence-corrected chi connectivity index (χ3v) is 7.23. The predicted octanol–water partition coefficient (Wildman–Crippen LogP) is 5.05. The van der Waals surface area contributed by atoms with Crippen molar-refractivity contribution in [3.63, 3.8) is 0 Å². The monoisotopic (exact) mass is 561 g/mol. The Morgan fingerprint density at radius 2 is 1.63 bits per heavy atom. The van der Waals surface area contributed by atoms with Crippen molar-refractivity contribution in [2.24, 2.45) is 0 Å². The molecule has 0 fully saturated rings. The van der Waals surface area contributed by atoms with E-state index in [0.717, 1.165) is 10.6 Å². The van der Waals surface area contributed by atoms with E-state index in [4.69, 9.17) is 34.8 Å². The van der Waals surface area contributed by atoms with Gasteiger partial charge in [-0.3, -0.25) is 13.9 Å². The summed E-state index contributed by atoms with van der Waals surface area (Å²) in [6.07, 6.45) is 1.01. The Morgan fingerprint density at radius 3 is 2.11 bits per heavy atom. The lowest BCUT2D eigenvalue weighted by atomic mass is 10.1. The summed E-state index contributed by atoms with van der Waals surface area (Å²) in [5.74, 6) is -1.00. The van der Waals surface area contributed by atoms with Crippen LogP contribution in [0.5, 0.6) is 0 Å². The molecule has 0 saturated carbocycles. The number of amides is 2. The van der Waals surface area contributed by atoms with E-state index >= 15 is 0 Å². The highest BCUT2D eigenvalue weighted by Gasteiger charge is 2.32. The fourth-order valence-corrected chi connectivity index (χ4v) is 5.05. The van der Waals surface area contributed by atoms with Crippen molar-refractivity contribution in [3.05, 3.63) is 62.6 Å². The van der Waals surface area contributed by atoms with Crippen LogP contribution in [0.3, 0.4) is 0 Å². The Hall–Kier alpha value is -2.00. The van der Waals surface area contributed by atoms with Gasteiger partial charge in [0.25, 0.3) is 0 Å². The molecule has 11 heteroatoms. The summed E-state index contributed by atoms with van der Waals surface area (Å²) >= 11 is 18.7. The lowest BCUT2D eigenvalue weighted by molar-refractivity contribution is -0.140. The molecule has 0 spiro atoms. The van der Waals surface area contributed by atoms with Crippen molar-refractivity contribution in [1.29, 1.82) is 0 Å². The minimum absolute atomic E-state index is 0.0900. The van der Waals surface area contributed by atoms with Gasteiger partial charge in [0.2, 0.25) is 21.8 Å². The summed E-state index contributed by atoms with van der Waals surface area (Å²) in [5.41, 5.74) is 0.803. The van der Waals surface area contributed by atoms with Crippen molar-refractivity contribution in [3.8, 4) is 0 Å². The van der Waals surface area contributed by atoms with E-state index in [1.165, 1.54) is 11.0 Å². The lowest BCUT2D eigenvalue weighted by Gasteiger charge is -2.33. The molecule has 0 radical (unpaired) electrons. The fraction of sp³-hybridized carbons (Fsp3) is 0.417. The van der Waals surface area contributed by atoms with Crippen LogP contribution in [0.15, 0.2) is 36.4 Å². The van der Waals surface area contributed by atoms with E-state index < -0.39 is 40.0 Å². The van der Waals surface area contributed by atoms with Gasteiger partial charge in [-0.05, 0) is 70.5 Å². The second-order valence-corrected chi connectivity index (χ2v) is 12.5. The van der Waals surface area contributed by atoms with E-state index in [1.54, 1.807) is 44.2 Å². The largest absolute Gasteiger partial charge is 0.350 e. The van der Waals surface area contributed by atoms with Crippen molar-refractivity contribution >= 4 is 62.3 Å². The molecule has 2 aromatic carbocycles. The number of hydrogen-bond donors (Lipinski definition) is 1. The first kappa shape index (κ1) is 29.2. The molecular formula is C24H30Cl3N3O4S. The summed E-state index contributed by atoms with van der Waals surface area (Å²) in [4.78, 5) is 27.9. The highest BCUT2D eigenvalue weighted by atomic mass is 35.5. The summed E-state index contributed by atoms with van der Waals surface area (Å²) in [5, 5.41) is 3.95. The first-order chi connectivity index (χ1) is 16.0. The second kappa shape index (κ2) is 11.4. The maximum absolute atomic E-state index is 13.6. The molecule has 0 aromatic heterocycles. The molecular weight excluding hydrogens is 533 g/mol. The normalized spacial score (nSPS) is 12.7. The molecule has 0 saturated heterocycles. The molecule has 7 nitrogen and oxygen atoms in total. The fourth-order valence-electron chi connectivity index (χ4n) is 3.40. The minimum Gasteiger partial charge on any atom is -0.350 e. The molecule has 2 aromatic rings. The van der Waals surface area contributed by atoms with Gasteiger partial charge in [0.15, 0.2) is 0 Å². The molecule has 2 rings (SSSR count). The van der Waals surface area contributed by atoms with Gasteiger partial charge in [-0.1, -0.05) is 40.9 Å². The summed E-state index contributed by atoms with van der Waals surface area (Å²) in [6, 6.07) is 8.69. The summed E-state index contributed by atoms with van der Waals surface area (Å²) in [7, 11) is -3.86. The van der Waals surface area contributed by atoms with E-state index in [2.05, 4.69) is 5.32 Å². The third-order valence-electron chi connectivity index (χ3n) is 5.16. The van der Waals surface area contributed by atoms with Crippen LogP contribution in [0.1, 0.15) is 38.8 Å². The summed E-state index contributed by atoms with van der Waals surface area (Å²) < 4.78 is 26.4. The van der Waals surface area contributed by atoms with Gasteiger partial charge in [0.05, 0.1) is 11.9 Å². The van der Waals surface area contributed by atoms with Crippen LogP contribution in [0.2, 0.25) is 15.1 Å². The smallest absolute Gasteiger partial charge is 0.244 e. The average molecular weight is 563 g/mol. The Morgan fingerprint density at radius 1 is 1.06 bits per heavy atom. The zero-order valence-electron chi connectivity index (χ0n) is 20.5. The first-order valence-electron chi connectivity index (χ1n) is 10.8. The molecule has 35 heavy (non-hydrogen) atoms. The van der Waals surface area contributed by atoms with E-state index in [9.17, 15) is 18.0 Å². The Balaban J connectivity index is 2.50. The van der Waals surface area contributed by atoms with Crippen LogP contribution in [0.4, 0.5) is 5.69 Å². The van der Waals surface area contributed by atoms with Crippen LogP contribution in [-0.4, -0.2) is 49.5 Å². The second-order valence-electron chi connectivity index (χ2n) is 9.34. The minimum atomic E-state index is -3.86. The third kappa shape index (κ3) is 8.00. The Bertz CT molecular complexity index is 1190. The van der Waals surface area contributed by atoms with Gasteiger partial charge >= 0.3 is 0 Å². The van der Waals surface area contributed by atoms with Crippen molar-refractivity contribution < 1.29 is 18.0 Å². The topological polar surface area (TPSA) is 86.8 Å². The number of rotatable bonds is 8. The van der Waals surface area contributed by atoms with Crippen molar-refractivity contribution in [1.82, 2.24) is 10.2 Å². The SMILES string of the molecule is Cc1cc(Cl)ccc1N(CC(=O)N(Cc1c(Cl)cccc1Cl)[C@H](C)C(=O)NC(C)(C)C)S(C)(=O)=O. The molecule has 0 heterocycles. The van der Waals surface area contributed by atoms with Gasteiger partial charge in [-0.15, -0.1) is 0 Å². The molecule has 0 aliphatic carbocycles. The average Bonchev–Trinajstić information content (AvgIpc) is 2.69. The van der Waals surface area contributed by atoms with Gasteiger partial charge in [0.1, 0.15) is 12.6 Å². The van der Waals surface area contributed by atoms with Gasteiger partial charge in [-0.25, -0.2) is 8.42 Å². The van der Waals surface area contributed by atoms with Crippen LogP contribution in [-0.2, 0) is 26.2 Å². The molecule has 1 atom stereocenters. The predicted molar refractivity (Wildman–Crippen MR) is 143 cm³/mol. The number of nitrogens with zero attached hydrogens (tertiary/aromatic N) is 2. The number of anilines is 1. The quantitative estimate of drug-likeness (QED) is 0.488. The first-order valence-corrected chi connectivity index (χ1v) is 13.8. The molecule has 2 amide bonds. The molecule has 0 aliphatic rings. The Kier molecular flexibility index (Phi) is 9.50. The number of hydrogen-bond acceptors (Lipinski definition) is 4. The zero-order chi connectivity index (χ0) is 26.7. The lowest BCUT2D eigenvalue weighted by Crippen LogP contribution is -2.54.